The molecule has 1 aliphatic rings. The predicted molar refractivity (Wildman–Crippen MR) is 98.1 cm³/mol. The molecule has 4 nitrogen and oxygen atoms in total. The van der Waals surface area contributed by atoms with Crippen LogP contribution in [0, 0.1) is 0 Å². The monoisotopic (exact) mass is 383 g/mol. The first-order chi connectivity index (χ1) is 11.7. The summed E-state index contributed by atoms with van der Waals surface area (Å²) in [5.41, 5.74) is 2.84. The fourth-order valence-corrected chi connectivity index (χ4v) is 3.73. The van der Waals surface area contributed by atoms with E-state index < -0.39 is 0 Å². The number of hydrogen-bond donors (Lipinski definition) is 1. The van der Waals surface area contributed by atoms with Crippen molar-refractivity contribution in [2.75, 3.05) is 13.1 Å². The molecule has 0 saturated carbocycles. The van der Waals surface area contributed by atoms with Gasteiger partial charge < -0.3 is 9.88 Å². The molecule has 1 aromatic heterocycles. The van der Waals surface area contributed by atoms with Crippen LogP contribution in [0.15, 0.2) is 53.0 Å². The van der Waals surface area contributed by atoms with Crippen LogP contribution >= 0.6 is 15.9 Å². The maximum atomic E-state index is 12.6. The number of likely N-dealkylation sites (tertiary alicyclic amines) is 1. The Labute approximate surface area is 149 Å². The largest absolute Gasteiger partial charge is 0.342 e. The number of aromatic amines is 1. The Morgan fingerprint density at radius 2 is 1.92 bits per heavy atom. The van der Waals surface area contributed by atoms with E-state index in [9.17, 15) is 4.79 Å². The second-order valence-electron chi connectivity index (χ2n) is 6.22. The minimum absolute atomic E-state index is 0.111. The van der Waals surface area contributed by atoms with Gasteiger partial charge in [-0.1, -0.05) is 34.1 Å². The van der Waals surface area contributed by atoms with Crippen LogP contribution in [0.5, 0.6) is 0 Å². The fraction of sp³-hybridized carbons (Fsp3) is 0.263. The Balaban J connectivity index is 1.45. The van der Waals surface area contributed by atoms with Crippen LogP contribution in [0.4, 0.5) is 0 Å². The second-order valence-corrected chi connectivity index (χ2v) is 7.13. The van der Waals surface area contributed by atoms with Gasteiger partial charge in [0.2, 0.25) is 0 Å². The van der Waals surface area contributed by atoms with Gasteiger partial charge in [0.05, 0.1) is 11.0 Å². The van der Waals surface area contributed by atoms with E-state index in [0.717, 1.165) is 52.8 Å². The number of H-pyrrole nitrogens is 1. The van der Waals surface area contributed by atoms with E-state index in [1.165, 1.54) is 0 Å². The topological polar surface area (TPSA) is 49.0 Å². The van der Waals surface area contributed by atoms with Gasteiger partial charge in [-0.25, -0.2) is 4.98 Å². The van der Waals surface area contributed by atoms with Crippen molar-refractivity contribution in [1.29, 1.82) is 0 Å². The molecule has 0 radical (unpaired) electrons. The zero-order valence-corrected chi connectivity index (χ0v) is 14.8. The van der Waals surface area contributed by atoms with Crippen LogP contribution in [-0.2, 0) is 0 Å². The Morgan fingerprint density at radius 3 is 2.67 bits per heavy atom. The molecule has 1 aliphatic heterocycles. The van der Waals surface area contributed by atoms with Crippen molar-refractivity contribution in [2.24, 2.45) is 0 Å². The van der Waals surface area contributed by atoms with Crippen LogP contribution in [0.3, 0.4) is 0 Å². The zero-order valence-electron chi connectivity index (χ0n) is 13.2. The summed E-state index contributed by atoms with van der Waals surface area (Å²) >= 11 is 3.43. The molecule has 3 aromatic rings. The number of carbonyl (C=O) groups is 1. The Morgan fingerprint density at radius 1 is 1.12 bits per heavy atom. The Hall–Kier alpha value is -2.14. The lowest BCUT2D eigenvalue weighted by Gasteiger charge is -2.31. The molecular weight excluding hydrogens is 366 g/mol. The Kier molecular flexibility index (Phi) is 4.10. The number of piperidine rings is 1. The number of aromatic nitrogens is 2. The van der Waals surface area contributed by atoms with Gasteiger partial charge in [-0.15, -0.1) is 0 Å². The van der Waals surface area contributed by atoms with Crippen LogP contribution < -0.4 is 0 Å². The number of benzene rings is 2. The van der Waals surface area contributed by atoms with Crippen LogP contribution in [0.2, 0.25) is 0 Å². The third kappa shape index (κ3) is 2.96. The quantitative estimate of drug-likeness (QED) is 0.715. The molecule has 24 heavy (non-hydrogen) atoms. The molecule has 2 heterocycles. The molecular formula is C19H18BrN3O. The molecule has 0 aliphatic carbocycles. The molecule has 4 rings (SSSR count). The van der Waals surface area contributed by atoms with Gasteiger partial charge in [0.1, 0.15) is 5.82 Å². The van der Waals surface area contributed by atoms with E-state index >= 15 is 0 Å². The summed E-state index contributed by atoms with van der Waals surface area (Å²) in [5.74, 6) is 1.55. The minimum Gasteiger partial charge on any atom is -0.342 e. The highest BCUT2D eigenvalue weighted by Gasteiger charge is 2.26. The average Bonchev–Trinajstić information content (AvgIpc) is 3.05. The molecule has 0 unspecified atom stereocenters. The molecule has 0 bridgehead atoms. The van der Waals surface area contributed by atoms with E-state index in [0.29, 0.717) is 5.92 Å². The lowest BCUT2D eigenvalue weighted by molar-refractivity contribution is 0.0711. The first kappa shape index (κ1) is 15.4. The van der Waals surface area contributed by atoms with Crippen LogP contribution in [0.25, 0.3) is 11.0 Å². The molecule has 5 heteroatoms. The van der Waals surface area contributed by atoms with E-state index in [1.807, 2.05) is 47.4 Å². The van der Waals surface area contributed by atoms with Crippen molar-refractivity contribution in [1.82, 2.24) is 14.9 Å². The fourth-order valence-electron chi connectivity index (χ4n) is 3.33. The number of hydrogen-bond acceptors (Lipinski definition) is 2. The lowest BCUT2D eigenvalue weighted by atomic mass is 9.95. The summed E-state index contributed by atoms with van der Waals surface area (Å²) in [6.07, 6.45) is 1.89. The molecule has 1 saturated heterocycles. The van der Waals surface area contributed by atoms with Crippen molar-refractivity contribution in [3.8, 4) is 0 Å². The molecule has 1 fully saturated rings. The maximum Gasteiger partial charge on any atom is 0.253 e. The summed E-state index contributed by atoms with van der Waals surface area (Å²) in [6.45, 7) is 1.54. The van der Waals surface area contributed by atoms with E-state index in [2.05, 4.69) is 27.0 Å². The highest BCUT2D eigenvalue weighted by atomic mass is 79.9. The SMILES string of the molecule is O=C(c1cccc(Br)c1)N1CCC(c2nc3ccccc3[nH]2)CC1. The average molecular weight is 384 g/mol. The summed E-state index contributed by atoms with van der Waals surface area (Å²) < 4.78 is 0.936. The number of amides is 1. The van der Waals surface area contributed by atoms with Crippen LogP contribution in [0.1, 0.15) is 34.9 Å². The minimum atomic E-state index is 0.111. The van der Waals surface area contributed by atoms with E-state index in [1.54, 1.807) is 0 Å². The summed E-state index contributed by atoms with van der Waals surface area (Å²) in [6, 6.07) is 15.7. The zero-order chi connectivity index (χ0) is 16.5. The number of fused-ring (bicyclic) bond motifs is 1. The number of nitrogens with one attached hydrogen (secondary N) is 1. The molecule has 0 spiro atoms. The number of carbonyl (C=O) groups excluding carboxylic acids is 1. The van der Waals surface area contributed by atoms with Crippen molar-refractivity contribution < 1.29 is 4.79 Å². The number of nitrogens with zero attached hydrogens (tertiary/aromatic N) is 2. The lowest BCUT2D eigenvalue weighted by Crippen LogP contribution is -2.38. The van der Waals surface area contributed by atoms with Gasteiger partial charge in [-0.2, -0.15) is 0 Å². The van der Waals surface area contributed by atoms with Crippen LogP contribution in [-0.4, -0.2) is 33.9 Å². The Bertz CT molecular complexity index is 848. The summed E-state index contributed by atoms with van der Waals surface area (Å²) in [5, 5.41) is 0. The highest BCUT2D eigenvalue weighted by molar-refractivity contribution is 9.10. The van der Waals surface area contributed by atoms with E-state index in [4.69, 9.17) is 4.98 Å². The molecule has 0 atom stereocenters. The third-order valence-corrected chi connectivity index (χ3v) is 5.14. The molecule has 122 valence electrons. The van der Waals surface area contributed by atoms with Gasteiger partial charge >= 0.3 is 0 Å². The van der Waals surface area contributed by atoms with Crippen molar-refractivity contribution in [2.45, 2.75) is 18.8 Å². The third-order valence-electron chi connectivity index (χ3n) is 4.65. The van der Waals surface area contributed by atoms with Gasteiger partial charge in [0, 0.05) is 29.0 Å². The normalized spacial score (nSPS) is 15.8. The van der Waals surface area contributed by atoms with Gasteiger partial charge in [-0.05, 0) is 43.2 Å². The second kappa shape index (κ2) is 6.40. The standard InChI is InChI=1S/C19H18BrN3O/c20-15-5-3-4-14(12-15)19(24)23-10-8-13(9-11-23)18-21-16-6-1-2-7-17(16)22-18/h1-7,12-13H,8-11H2,(H,21,22). The van der Waals surface area contributed by atoms with Gasteiger partial charge in [0.25, 0.3) is 5.91 Å². The number of imidazole rings is 1. The summed E-state index contributed by atoms with van der Waals surface area (Å²) in [4.78, 5) is 22.7. The first-order valence-electron chi connectivity index (χ1n) is 8.20. The van der Waals surface area contributed by atoms with Gasteiger partial charge in [-0.3, -0.25) is 4.79 Å². The molecule has 2 aromatic carbocycles. The summed E-state index contributed by atoms with van der Waals surface area (Å²) in [7, 11) is 0. The van der Waals surface area contributed by atoms with Gasteiger partial charge in [0.15, 0.2) is 0 Å². The first-order valence-corrected chi connectivity index (χ1v) is 8.99. The smallest absolute Gasteiger partial charge is 0.253 e. The number of para-hydroxylation sites is 2. The van der Waals surface area contributed by atoms with E-state index in [-0.39, 0.29) is 5.91 Å². The maximum absolute atomic E-state index is 12.6. The predicted octanol–water partition coefficient (Wildman–Crippen LogP) is 4.35. The molecule has 1 N–H and O–H groups in total. The van der Waals surface area contributed by atoms with Crippen molar-refractivity contribution in [3.05, 3.63) is 64.4 Å². The van der Waals surface area contributed by atoms with Crippen molar-refractivity contribution >= 4 is 32.9 Å². The highest BCUT2D eigenvalue weighted by Crippen LogP contribution is 2.28. The number of rotatable bonds is 2. The molecule has 1 amide bonds. The number of halogens is 1. The van der Waals surface area contributed by atoms with Crippen molar-refractivity contribution in [3.63, 3.8) is 0 Å².